The third-order valence-corrected chi connectivity index (χ3v) is 5.25. The molecule has 0 saturated carbocycles. The predicted molar refractivity (Wildman–Crippen MR) is 119 cm³/mol. The molecule has 0 saturated heterocycles. The van der Waals surface area contributed by atoms with Gasteiger partial charge < -0.3 is 5.32 Å². The summed E-state index contributed by atoms with van der Waals surface area (Å²) in [5.74, 6) is -0.936. The van der Waals surface area contributed by atoms with E-state index in [4.69, 9.17) is 0 Å². The number of nitrogens with one attached hydrogen (secondary N) is 1. The fourth-order valence-corrected chi connectivity index (χ4v) is 3.53. The van der Waals surface area contributed by atoms with Gasteiger partial charge in [0.25, 0.3) is 17.5 Å². The second kappa shape index (κ2) is 8.43. The predicted octanol–water partition coefficient (Wildman–Crippen LogP) is 4.00. The van der Waals surface area contributed by atoms with Gasteiger partial charge in [0.05, 0.1) is 17.0 Å². The van der Waals surface area contributed by atoms with E-state index < -0.39 is 16.7 Å². The first-order valence-electron chi connectivity index (χ1n) is 9.93. The van der Waals surface area contributed by atoms with Crippen molar-refractivity contribution in [2.75, 3.05) is 5.32 Å². The van der Waals surface area contributed by atoms with Crippen LogP contribution in [0.15, 0.2) is 72.7 Å². The zero-order valence-corrected chi connectivity index (χ0v) is 17.5. The number of carbonyl (C=O) groups is 2. The van der Waals surface area contributed by atoms with Gasteiger partial charge in [0, 0.05) is 30.2 Å². The molecule has 4 rings (SSSR count). The average molecular weight is 428 g/mol. The molecule has 32 heavy (non-hydrogen) atoms. The Morgan fingerprint density at radius 3 is 2.44 bits per heavy atom. The van der Waals surface area contributed by atoms with Crippen LogP contribution in [0.2, 0.25) is 0 Å². The van der Waals surface area contributed by atoms with Crippen molar-refractivity contribution in [3.05, 3.63) is 105 Å². The van der Waals surface area contributed by atoms with E-state index >= 15 is 0 Å². The van der Waals surface area contributed by atoms with Crippen molar-refractivity contribution < 1.29 is 14.5 Å². The highest BCUT2D eigenvalue weighted by atomic mass is 16.6. The van der Waals surface area contributed by atoms with Crippen LogP contribution in [0.5, 0.6) is 0 Å². The van der Waals surface area contributed by atoms with E-state index in [0.29, 0.717) is 16.8 Å². The minimum Gasteiger partial charge on any atom is -0.350 e. The van der Waals surface area contributed by atoms with Crippen LogP contribution in [0.25, 0.3) is 5.57 Å². The Morgan fingerprint density at radius 1 is 1.03 bits per heavy atom. The van der Waals surface area contributed by atoms with E-state index in [-0.39, 0.29) is 23.5 Å². The number of nitrogens with zero attached hydrogens (tertiary/aromatic N) is 3. The number of hydrogen-bond donors (Lipinski definition) is 1. The Hall–Kier alpha value is -4.33. The van der Waals surface area contributed by atoms with Crippen LogP contribution in [-0.2, 0) is 16.1 Å². The molecule has 0 spiro atoms. The molecule has 2 amide bonds. The lowest BCUT2D eigenvalue weighted by Gasteiger charge is -2.15. The highest BCUT2D eigenvalue weighted by Gasteiger charge is 2.39. The number of carbonyl (C=O) groups excluding carboxylic acids is 2. The standard InChI is InChI=1S/C24H20N4O4/c1-15-5-6-16(2)20(12-15)26-22-21(18-7-9-19(10-8-18)28(31)32)23(29)27(24(22)30)14-17-4-3-11-25-13-17/h3-13,26H,14H2,1-2H3. The molecule has 0 atom stereocenters. The fraction of sp³-hybridized carbons (Fsp3) is 0.125. The van der Waals surface area contributed by atoms with Gasteiger partial charge in [0.1, 0.15) is 5.70 Å². The lowest BCUT2D eigenvalue weighted by Crippen LogP contribution is -2.32. The minimum absolute atomic E-state index is 0.0694. The summed E-state index contributed by atoms with van der Waals surface area (Å²) in [7, 11) is 0. The molecule has 1 aliphatic rings. The summed E-state index contributed by atoms with van der Waals surface area (Å²) >= 11 is 0. The summed E-state index contributed by atoms with van der Waals surface area (Å²) < 4.78 is 0. The maximum atomic E-state index is 13.3. The summed E-state index contributed by atoms with van der Waals surface area (Å²) in [6.45, 7) is 3.91. The van der Waals surface area contributed by atoms with Crippen molar-refractivity contribution in [1.29, 1.82) is 0 Å². The summed E-state index contributed by atoms with van der Waals surface area (Å²) in [6, 6.07) is 14.9. The largest absolute Gasteiger partial charge is 0.350 e. The lowest BCUT2D eigenvalue weighted by molar-refractivity contribution is -0.384. The molecule has 1 aliphatic heterocycles. The number of rotatable bonds is 6. The fourth-order valence-electron chi connectivity index (χ4n) is 3.53. The molecule has 0 radical (unpaired) electrons. The highest BCUT2D eigenvalue weighted by Crippen LogP contribution is 2.33. The molecule has 8 nitrogen and oxygen atoms in total. The van der Waals surface area contributed by atoms with Gasteiger partial charge in [0.2, 0.25) is 0 Å². The van der Waals surface area contributed by atoms with Gasteiger partial charge in [-0.15, -0.1) is 0 Å². The number of amides is 2. The number of imide groups is 1. The third-order valence-electron chi connectivity index (χ3n) is 5.25. The Bertz CT molecular complexity index is 1250. The molecule has 8 heteroatoms. The molecule has 2 heterocycles. The van der Waals surface area contributed by atoms with Crippen LogP contribution < -0.4 is 5.32 Å². The van der Waals surface area contributed by atoms with E-state index in [1.54, 1.807) is 24.5 Å². The molecule has 3 aromatic rings. The molecule has 0 bridgehead atoms. The van der Waals surface area contributed by atoms with Crippen LogP contribution in [0.1, 0.15) is 22.3 Å². The van der Waals surface area contributed by atoms with E-state index in [9.17, 15) is 19.7 Å². The summed E-state index contributed by atoms with van der Waals surface area (Å²) in [4.78, 5) is 42.4. The smallest absolute Gasteiger partial charge is 0.278 e. The number of benzene rings is 2. The normalized spacial score (nSPS) is 13.6. The number of anilines is 1. The Morgan fingerprint density at radius 2 is 1.78 bits per heavy atom. The van der Waals surface area contributed by atoms with Gasteiger partial charge >= 0.3 is 0 Å². The lowest BCUT2D eigenvalue weighted by atomic mass is 10.0. The topological polar surface area (TPSA) is 105 Å². The number of aryl methyl sites for hydroxylation is 2. The van der Waals surface area contributed by atoms with Crippen LogP contribution in [-0.4, -0.2) is 26.6 Å². The number of nitro benzene ring substituents is 1. The van der Waals surface area contributed by atoms with Gasteiger partial charge in [-0.2, -0.15) is 0 Å². The van der Waals surface area contributed by atoms with Crippen molar-refractivity contribution in [2.24, 2.45) is 0 Å². The van der Waals surface area contributed by atoms with Gasteiger partial charge in [-0.3, -0.25) is 29.6 Å². The number of non-ortho nitro benzene ring substituents is 1. The Labute approximate surface area is 184 Å². The monoisotopic (exact) mass is 428 g/mol. The second-order valence-electron chi connectivity index (χ2n) is 7.56. The minimum atomic E-state index is -0.510. The molecule has 0 unspecified atom stereocenters. The van der Waals surface area contributed by atoms with Crippen LogP contribution in [0.4, 0.5) is 11.4 Å². The van der Waals surface area contributed by atoms with Crippen molar-refractivity contribution in [3.8, 4) is 0 Å². The van der Waals surface area contributed by atoms with Gasteiger partial charge in [-0.05, 0) is 60.4 Å². The highest BCUT2D eigenvalue weighted by molar-refractivity contribution is 6.36. The first kappa shape index (κ1) is 20.9. The van der Waals surface area contributed by atoms with E-state index in [1.165, 1.54) is 24.3 Å². The van der Waals surface area contributed by atoms with Crippen molar-refractivity contribution in [1.82, 2.24) is 9.88 Å². The summed E-state index contributed by atoms with van der Waals surface area (Å²) in [5, 5.41) is 14.2. The zero-order valence-electron chi connectivity index (χ0n) is 17.5. The van der Waals surface area contributed by atoms with E-state index in [1.807, 2.05) is 32.0 Å². The molecule has 1 aromatic heterocycles. The molecule has 2 aromatic carbocycles. The first-order chi connectivity index (χ1) is 15.3. The maximum absolute atomic E-state index is 13.3. The quantitative estimate of drug-likeness (QED) is 0.361. The SMILES string of the molecule is Cc1ccc(C)c(NC2=C(c3ccc([N+](=O)[O-])cc3)C(=O)N(Cc3cccnc3)C2=O)c1. The van der Waals surface area contributed by atoms with Gasteiger partial charge in [-0.1, -0.05) is 18.2 Å². The molecule has 1 N–H and O–H groups in total. The van der Waals surface area contributed by atoms with Crippen molar-refractivity contribution in [2.45, 2.75) is 20.4 Å². The van der Waals surface area contributed by atoms with Crippen molar-refractivity contribution >= 4 is 28.8 Å². The van der Waals surface area contributed by atoms with Gasteiger partial charge in [-0.25, -0.2) is 0 Å². The third kappa shape index (κ3) is 3.98. The number of pyridine rings is 1. The van der Waals surface area contributed by atoms with Crippen LogP contribution in [0, 0.1) is 24.0 Å². The molecule has 160 valence electrons. The number of nitro groups is 1. The number of aromatic nitrogens is 1. The summed E-state index contributed by atoms with van der Waals surface area (Å²) in [6.07, 6.45) is 3.22. The van der Waals surface area contributed by atoms with E-state index in [2.05, 4.69) is 10.3 Å². The first-order valence-corrected chi connectivity index (χ1v) is 9.93. The average Bonchev–Trinajstić information content (AvgIpc) is 3.01. The zero-order chi connectivity index (χ0) is 22.8. The Kier molecular flexibility index (Phi) is 5.51. The molecule has 0 aliphatic carbocycles. The summed E-state index contributed by atoms with van der Waals surface area (Å²) in [5.41, 5.74) is 3.99. The van der Waals surface area contributed by atoms with Crippen LogP contribution in [0.3, 0.4) is 0 Å². The van der Waals surface area contributed by atoms with Gasteiger partial charge in [0.15, 0.2) is 0 Å². The Balaban J connectivity index is 1.78. The molecule has 0 fully saturated rings. The second-order valence-corrected chi connectivity index (χ2v) is 7.56. The van der Waals surface area contributed by atoms with Crippen LogP contribution >= 0.6 is 0 Å². The maximum Gasteiger partial charge on any atom is 0.278 e. The molecular formula is C24H20N4O4. The van der Waals surface area contributed by atoms with Crippen molar-refractivity contribution in [3.63, 3.8) is 0 Å². The molecular weight excluding hydrogens is 408 g/mol. The number of hydrogen-bond acceptors (Lipinski definition) is 6. The van der Waals surface area contributed by atoms with E-state index in [0.717, 1.165) is 16.0 Å².